The number of hydrogen-bond donors (Lipinski definition) is 0. The van der Waals surface area contributed by atoms with Gasteiger partial charge in [-0.3, -0.25) is 9.36 Å². The Balaban J connectivity index is 0. The zero-order valence-electron chi connectivity index (χ0n) is 15.6. The van der Waals surface area contributed by atoms with Crippen LogP contribution in [0, 0.1) is 0 Å². The third-order valence-electron chi connectivity index (χ3n) is 4.06. The van der Waals surface area contributed by atoms with Crippen molar-refractivity contribution >= 4 is 19.6 Å². The van der Waals surface area contributed by atoms with E-state index in [2.05, 4.69) is 13.8 Å². The zero-order chi connectivity index (χ0) is 17.4. The van der Waals surface area contributed by atoms with E-state index in [-0.39, 0.29) is 28.0 Å². The monoisotopic (exact) mass is 394 g/mol. The molecule has 0 spiro atoms. The number of unbranched alkanes of at least 4 members (excludes halogenated alkanes) is 10. The topological polar surface area (TPSA) is 60.4 Å². The fourth-order valence-electron chi connectivity index (χ4n) is 2.65. The van der Waals surface area contributed by atoms with Crippen molar-refractivity contribution in [3.63, 3.8) is 0 Å². The molecule has 0 unspecified atom stereocenters. The Morgan fingerprint density at radius 2 is 1.17 bits per heavy atom. The van der Waals surface area contributed by atoms with Gasteiger partial charge in [0.15, 0.2) is 0 Å². The summed E-state index contributed by atoms with van der Waals surface area (Å²) in [6, 6.07) is 0. The largest absolute Gasteiger partial charge is 0.406 e. The van der Waals surface area contributed by atoms with Crippen molar-refractivity contribution in [3.8, 4) is 0 Å². The van der Waals surface area contributed by atoms with Gasteiger partial charge in [0, 0.05) is 34.0 Å². The zero-order valence-corrected chi connectivity index (χ0v) is 18.0. The van der Waals surface area contributed by atoms with Gasteiger partial charge in [-0.25, -0.2) is 4.79 Å². The van der Waals surface area contributed by atoms with Crippen molar-refractivity contribution in [1.29, 1.82) is 0 Å². The molecule has 0 aromatic carbocycles. The summed E-state index contributed by atoms with van der Waals surface area (Å²) in [4.78, 5) is 21.7. The van der Waals surface area contributed by atoms with Gasteiger partial charge in [-0.1, -0.05) is 78.1 Å². The van der Waals surface area contributed by atoms with E-state index in [0.717, 1.165) is 38.5 Å². The Morgan fingerprint density at radius 1 is 0.792 bits per heavy atom. The molecule has 0 radical (unpaired) electrons. The number of rotatable bonds is 16. The molecule has 0 amide bonds. The van der Waals surface area contributed by atoms with Crippen LogP contribution in [0.3, 0.4) is 0 Å². The van der Waals surface area contributed by atoms with Crippen molar-refractivity contribution in [3.05, 3.63) is 0 Å². The van der Waals surface area contributed by atoms with Crippen molar-refractivity contribution in [2.75, 3.05) is 12.3 Å². The van der Waals surface area contributed by atoms with Gasteiger partial charge in [0.25, 0.3) is 7.37 Å². The summed E-state index contributed by atoms with van der Waals surface area (Å²) in [6.07, 6.45) is 14.1. The van der Waals surface area contributed by atoms with Crippen LogP contribution in [0.5, 0.6) is 0 Å². The van der Waals surface area contributed by atoms with Crippen LogP contribution in [0.4, 0.5) is 0 Å². The fraction of sp³-hybridized carbons (Fsp3) is 0.889. The van der Waals surface area contributed by atoms with E-state index in [1.54, 1.807) is 0 Å². The molecular weight excluding hydrogens is 359 g/mol. The minimum absolute atomic E-state index is 0. The van der Waals surface area contributed by atoms with E-state index in [0.29, 0.717) is 12.3 Å². The van der Waals surface area contributed by atoms with Gasteiger partial charge < -0.3 is 4.52 Å². The first-order valence-corrected chi connectivity index (χ1v) is 11.3. The van der Waals surface area contributed by atoms with Gasteiger partial charge in [-0.15, -0.1) is 0 Å². The Hall–Kier alpha value is 0.0843. The van der Waals surface area contributed by atoms with Crippen LogP contribution in [0.1, 0.15) is 90.9 Å². The molecule has 0 fully saturated rings. The molecule has 0 N–H and O–H groups in total. The van der Waals surface area contributed by atoms with Crippen molar-refractivity contribution in [1.82, 2.24) is 0 Å². The van der Waals surface area contributed by atoms with Crippen LogP contribution in [0.2, 0.25) is 0 Å². The van der Waals surface area contributed by atoms with E-state index in [4.69, 9.17) is 4.52 Å². The van der Waals surface area contributed by atoms with Gasteiger partial charge in [-0.05, 0) is 12.8 Å². The second-order valence-corrected chi connectivity index (χ2v) is 9.03. The summed E-state index contributed by atoms with van der Waals surface area (Å²) < 4.78 is 17.7. The molecule has 0 aromatic heterocycles. The molecule has 140 valence electrons. The van der Waals surface area contributed by atoms with E-state index < -0.39 is 13.3 Å². The second kappa shape index (κ2) is 17.9. The Labute approximate surface area is 163 Å². The van der Waals surface area contributed by atoms with Crippen molar-refractivity contribution < 1.29 is 40.4 Å². The maximum atomic E-state index is 12.8. The maximum Gasteiger partial charge on any atom is 0.376 e. The van der Waals surface area contributed by atoms with E-state index in [1.807, 2.05) is 0 Å². The molecule has 0 aromatic rings. The van der Waals surface area contributed by atoms with E-state index in [1.165, 1.54) is 38.5 Å². The molecule has 0 aliphatic carbocycles. The molecule has 0 rings (SSSR count). The predicted molar refractivity (Wildman–Crippen MR) is 96.2 cm³/mol. The molecule has 0 bridgehead atoms. The number of hydrogen-bond acceptors (Lipinski definition) is 4. The molecular formula is C18H35O4PTi. The van der Waals surface area contributed by atoms with Crippen LogP contribution >= 0.6 is 7.37 Å². The molecule has 0 saturated carbocycles. The van der Waals surface area contributed by atoms with Crippen LogP contribution in [-0.2, 0) is 40.4 Å². The minimum atomic E-state index is -2.98. The number of aldehydes is 1. The van der Waals surface area contributed by atoms with Crippen LogP contribution in [-0.4, -0.2) is 24.6 Å². The normalized spacial score (nSPS) is 10.9. The SMILES string of the molecule is CCCCCCCCP(=O)(CCCCCCCC)OC(=O)C=O.[Ti]. The fourth-order valence-corrected chi connectivity index (χ4v) is 4.84. The van der Waals surface area contributed by atoms with E-state index >= 15 is 0 Å². The average molecular weight is 394 g/mol. The van der Waals surface area contributed by atoms with Gasteiger partial charge in [-0.2, -0.15) is 0 Å². The quantitative estimate of drug-likeness (QED) is 0.110. The van der Waals surface area contributed by atoms with E-state index in [9.17, 15) is 14.2 Å². The maximum absolute atomic E-state index is 12.8. The Bertz CT molecular complexity index is 341. The van der Waals surface area contributed by atoms with Gasteiger partial charge in [0.2, 0.25) is 6.29 Å². The summed E-state index contributed by atoms with van der Waals surface area (Å²) in [5, 5.41) is 0. The van der Waals surface area contributed by atoms with Gasteiger partial charge in [0.05, 0.1) is 0 Å². The Kier molecular flexibility index (Phi) is 19.6. The molecule has 0 atom stereocenters. The third-order valence-corrected chi connectivity index (χ3v) is 6.57. The van der Waals surface area contributed by atoms with Gasteiger partial charge >= 0.3 is 5.97 Å². The van der Waals surface area contributed by atoms with Crippen molar-refractivity contribution in [2.45, 2.75) is 90.9 Å². The summed E-state index contributed by atoms with van der Waals surface area (Å²) >= 11 is 0. The second-order valence-electron chi connectivity index (χ2n) is 6.33. The smallest absolute Gasteiger partial charge is 0.376 e. The summed E-state index contributed by atoms with van der Waals surface area (Å²) in [6.45, 7) is 4.35. The van der Waals surface area contributed by atoms with Crippen molar-refractivity contribution in [2.24, 2.45) is 0 Å². The number of carbonyl (C=O) groups is 2. The van der Waals surface area contributed by atoms with Crippen LogP contribution in [0.25, 0.3) is 0 Å². The first-order valence-electron chi connectivity index (χ1n) is 9.34. The number of carbonyl (C=O) groups excluding carboxylic acids is 2. The molecule has 0 aliphatic rings. The molecule has 0 saturated heterocycles. The molecule has 24 heavy (non-hydrogen) atoms. The summed E-state index contributed by atoms with van der Waals surface area (Å²) in [7, 11) is -2.98. The first kappa shape index (κ1) is 26.3. The summed E-state index contributed by atoms with van der Waals surface area (Å²) in [5.41, 5.74) is 0. The first-order chi connectivity index (χ1) is 11.1. The predicted octanol–water partition coefficient (Wildman–Crippen LogP) is 5.73. The Morgan fingerprint density at radius 3 is 1.54 bits per heavy atom. The standard InChI is InChI=1S/C18H35O4P.Ti/c1-3-5-7-9-11-13-15-23(21,22-18(20)17-19)16-14-12-10-8-6-4-2;/h17H,3-16H2,1-2H3;. The third kappa shape index (κ3) is 15.6. The molecule has 4 nitrogen and oxygen atoms in total. The minimum Gasteiger partial charge on any atom is -0.406 e. The summed E-state index contributed by atoms with van der Waals surface area (Å²) in [5.74, 6) is -0.981. The van der Waals surface area contributed by atoms with Crippen LogP contribution in [0.15, 0.2) is 0 Å². The van der Waals surface area contributed by atoms with Gasteiger partial charge in [0.1, 0.15) is 0 Å². The average Bonchev–Trinajstić information content (AvgIpc) is 2.54. The van der Waals surface area contributed by atoms with Crippen LogP contribution < -0.4 is 0 Å². The molecule has 6 heteroatoms. The molecule has 0 aliphatic heterocycles. The molecule has 0 heterocycles.